The van der Waals surface area contributed by atoms with Crippen LogP contribution >= 0.6 is 11.6 Å². The van der Waals surface area contributed by atoms with Crippen LogP contribution in [0, 0.1) is 0 Å². The Kier molecular flexibility index (Phi) is 4.86. The highest BCUT2D eigenvalue weighted by molar-refractivity contribution is 7.91. The Bertz CT molecular complexity index is 844. The van der Waals surface area contributed by atoms with Crippen molar-refractivity contribution in [3.8, 4) is 11.5 Å². The average molecular weight is 370 g/mol. The molecule has 0 N–H and O–H groups in total. The first-order chi connectivity index (χ1) is 11.5. The number of carbonyl (C=O) groups is 1. The lowest BCUT2D eigenvalue weighted by atomic mass is 10.1. The van der Waals surface area contributed by atoms with Crippen molar-refractivity contribution in [2.75, 3.05) is 18.8 Å². The minimum Gasteiger partial charge on any atom is -0.408 e. The number of aromatic nitrogens is 2. The molecule has 0 aliphatic carbocycles. The van der Waals surface area contributed by atoms with Gasteiger partial charge in [0.25, 0.3) is 0 Å². The number of likely N-dealkylation sites (tertiary alicyclic amines) is 1. The van der Waals surface area contributed by atoms with Crippen LogP contribution < -0.4 is 0 Å². The van der Waals surface area contributed by atoms with Crippen molar-refractivity contribution in [1.82, 2.24) is 15.1 Å². The normalized spacial score (nSPS) is 15.5. The number of sulfone groups is 1. The summed E-state index contributed by atoms with van der Waals surface area (Å²) in [5.41, 5.74) is 0.513. The van der Waals surface area contributed by atoms with Crippen molar-refractivity contribution in [1.29, 1.82) is 0 Å². The summed E-state index contributed by atoms with van der Waals surface area (Å²) in [6.07, 6.45) is 2.85. The lowest BCUT2D eigenvalue weighted by Crippen LogP contribution is -2.39. The molecule has 1 aromatic heterocycles. The van der Waals surface area contributed by atoms with E-state index in [1.807, 2.05) is 0 Å². The average Bonchev–Trinajstić information content (AvgIpc) is 3.06. The molecule has 1 fully saturated rings. The number of halogens is 1. The van der Waals surface area contributed by atoms with Crippen molar-refractivity contribution >= 4 is 27.3 Å². The molecular formula is C15H16ClN3O4S. The molecule has 0 saturated carbocycles. The maximum Gasteiger partial charge on any atom is 0.336 e. The second-order valence-electron chi connectivity index (χ2n) is 5.58. The first-order valence-electron chi connectivity index (χ1n) is 7.56. The Morgan fingerprint density at radius 1 is 1.21 bits per heavy atom. The zero-order valence-corrected chi connectivity index (χ0v) is 14.4. The van der Waals surface area contributed by atoms with E-state index >= 15 is 0 Å². The second kappa shape index (κ2) is 6.90. The van der Waals surface area contributed by atoms with Gasteiger partial charge in [0, 0.05) is 23.7 Å². The summed E-state index contributed by atoms with van der Waals surface area (Å²) in [5.74, 6) is -1.05. The maximum atomic E-state index is 12.3. The van der Waals surface area contributed by atoms with Crippen LogP contribution in [0.1, 0.15) is 19.3 Å². The number of hydrogen-bond donors (Lipinski definition) is 0. The quantitative estimate of drug-likeness (QED) is 0.819. The summed E-state index contributed by atoms with van der Waals surface area (Å²) in [6.45, 7) is 1.18. The molecule has 7 nitrogen and oxygen atoms in total. The molecule has 1 aliphatic heterocycles. The summed E-state index contributed by atoms with van der Waals surface area (Å²) in [7, 11) is -3.97. The molecule has 24 heavy (non-hydrogen) atoms. The lowest BCUT2D eigenvalue weighted by molar-refractivity contribution is -0.129. The van der Waals surface area contributed by atoms with Crippen molar-refractivity contribution in [3.05, 3.63) is 29.3 Å². The van der Waals surface area contributed by atoms with Gasteiger partial charge in [-0.2, -0.15) is 0 Å². The number of rotatable bonds is 4. The molecule has 0 unspecified atom stereocenters. The topological polar surface area (TPSA) is 93.4 Å². The van der Waals surface area contributed by atoms with E-state index in [4.69, 9.17) is 16.0 Å². The molecule has 2 heterocycles. The highest BCUT2D eigenvalue weighted by atomic mass is 35.5. The van der Waals surface area contributed by atoms with E-state index in [2.05, 4.69) is 10.2 Å². The third kappa shape index (κ3) is 3.76. The van der Waals surface area contributed by atoms with Gasteiger partial charge < -0.3 is 9.32 Å². The Labute approximate surface area is 144 Å². The van der Waals surface area contributed by atoms with Gasteiger partial charge in [0.05, 0.1) is 0 Å². The fraction of sp³-hybridized carbons (Fsp3) is 0.400. The van der Waals surface area contributed by atoms with Gasteiger partial charge in [-0.05, 0) is 37.5 Å². The molecule has 3 rings (SSSR count). The van der Waals surface area contributed by atoms with Gasteiger partial charge in [0.1, 0.15) is 5.75 Å². The number of amides is 1. The molecule has 0 atom stereocenters. The van der Waals surface area contributed by atoms with Crippen molar-refractivity contribution in [2.24, 2.45) is 0 Å². The second-order valence-corrected chi connectivity index (χ2v) is 7.89. The molecule has 9 heteroatoms. The van der Waals surface area contributed by atoms with E-state index in [0.717, 1.165) is 19.3 Å². The maximum absolute atomic E-state index is 12.3. The first-order valence-corrected chi connectivity index (χ1v) is 9.59. The largest absolute Gasteiger partial charge is 0.408 e. The molecule has 1 aromatic carbocycles. The van der Waals surface area contributed by atoms with E-state index in [-0.39, 0.29) is 5.89 Å². The van der Waals surface area contributed by atoms with Gasteiger partial charge in [-0.3, -0.25) is 4.79 Å². The third-order valence-electron chi connectivity index (χ3n) is 3.77. The van der Waals surface area contributed by atoms with Gasteiger partial charge in [-0.15, -0.1) is 5.10 Å². The third-order valence-corrected chi connectivity index (χ3v) is 5.33. The molecule has 0 bridgehead atoms. The number of benzene rings is 1. The van der Waals surface area contributed by atoms with E-state index in [1.54, 1.807) is 29.2 Å². The predicted octanol–water partition coefficient (Wildman–Crippen LogP) is 2.18. The van der Waals surface area contributed by atoms with Gasteiger partial charge >= 0.3 is 5.22 Å². The summed E-state index contributed by atoms with van der Waals surface area (Å²) in [4.78, 5) is 13.7. The Morgan fingerprint density at radius 2 is 1.96 bits per heavy atom. The highest BCUT2D eigenvalue weighted by Crippen LogP contribution is 2.23. The lowest BCUT2D eigenvalue weighted by Gasteiger charge is -2.26. The van der Waals surface area contributed by atoms with E-state index in [0.29, 0.717) is 23.7 Å². The van der Waals surface area contributed by atoms with Crippen LogP contribution in [0.5, 0.6) is 0 Å². The van der Waals surface area contributed by atoms with Crippen LogP contribution in [0.25, 0.3) is 11.5 Å². The molecule has 1 amide bonds. The summed E-state index contributed by atoms with van der Waals surface area (Å²) in [6, 6.07) is 6.63. The van der Waals surface area contributed by atoms with Gasteiger partial charge in [-0.1, -0.05) is 22.8 Å². The smallest absolute Gasteiger partial charge is 0.336 e. The molecular weight excluding hydrogens is 354 g/mol. The summed E-state index contributed by atoms with van der Waals surface area (Å²) in [5, 5.41) is 7.22. The van der Waals surface area contributed by atoms with E-state index in [1.165, 1.54) is 0 Å². The van der Waals surface area contributed by atoms with Crippen molar-refractivity contribution in [2.45, 2.75) is 24.5 Å². The first kappa shape index (κ1) is 16.9. The van der Waals surface area contributed by atoms with Crippen LogP contribution in [0.4, 0.5) is 0 Å². The van der Waals surface area contributed by atoms with Gasteiger partial charge in [0.15, 0.2) is 0 Å². The number of hydrogen-bond acceptors (Lipinski definition) is 6. The van der Waals surface area contributed by atoms with Crippen LogP contribution in [-0.4, -0.2) is 48.3 Å². The minimum absolute atomic E-state index is 0.0431. The zero-order chi connectivity index (χ0) is 17.2. The van der Waals surface area contributed by atoms with Crippen LogP contribution in [-0.2, 0) is 14.6 Å². The van der Waals surface area contributed by atoms with Gasteiger partial charge in [-0.25, -0.2) is 8.42 Å². The Morgan fingerprint density at radius 3 is 2.67 bits per heavy atom. The molecule has 128 valence electrons. The fourth-order valence-corrected chi connectivity index (χ4v) is 3.73. The highest BCUT2D eigenvalue weighted by Gasteiger charge is 2.29. The monoisotopic (exact) mass is 369 g/mol. The molecule has 1 aliphatic rings. The standard InChI is InChI=1S/C15H16ClN3O4S/c16-12-6-4-5-11(9-12)14-17-18-15(23-14)24(21,22)10-13(20)19-7-2-1-3-8-19/h4-6,9H,1-3,7-8,10H2. The van der Waals surface area contributed by atoms with Crippen molar-refractivity contribution < 1.29 is 17.6 Å². The summed E-state index contributed by atoms with van der Waals surface area (Å²) >= 11 is 5.89. The van der Waals surface area contributed by atoms with Gasteiger partial charge in [0.2, 0.25) is 21.6 Å². The van der Waals surface area contributed by atoms with Crippen molar-refractivity contribution in [3.63, 3.8) is 0 Å². The number of nitrogens with zero attached hydrogens (tertiary/aromatic N) is 3. The number of piperidine rings is 1. The SMILES string of the molecule is O=C(CS(=O)(=O)c1nnc(-c2cccc(Cl)c2)o1)N1CCCCC1. The zero-order valence-electron chi connectivity index (χ0n) is 12.8. The Balaban J connectivity index is 1.76. The number of carbonyl (C=O) groups excluding carboxylic acids is 1. The molecule has 0 radical (unpaired) electrons. The summed E-state index contributed by atoms with van der Waals surface area (Å²) < 4.78 is 29.9. The molecule has 0 spiro atoms. The van der Waals surface area contributed by atoms with E-state index < -0.39 is 26.7 Å². The Hall–Kier alpha value is -1.93. The molecule has 1 saturated heterocycles. The van der Waals surface area contributed by atoms with Crippen LogP contribution in [0.3, 0.4) is 0 Å². The van der Waals surface area contributed by atoms with Crippen LogP contribution in [0.15, 0.2) is 33.9 Å². The van der Waals surface area contributed by atoms with E-state index in [9.17, 15) is 13.2 Å². The predicted molar refractivity (Wildman–Crippen MR) is 87.2 cm³/mol. The molecule has 2 aromatic rings. The minimum atomic E-state index is -3.97. The van der Waals surface area contributed by atoms with Crippen LogP contribution in [0.2, 0.25) is 5.02 Å². The fourth-order valence-electron chi connectivity index (χ4n) is 2.53.